The normalized spacial score (nSPS) is 14.2. The van der Waals surface area contributed by atoms with E-state index in [1.807, 2.05) is 42.5 Å². The van der Waals surface area contributed by atoms with E-state index >= 15 is 0 Å². The van der Waals surface area contributed by atoms with Gasteiger partial charge in [0.05, 0.1) is 5.56 Å². The van der Waals surface area contributed by atoms with Gasteiger partial charge in [-0.25, -0.2) is 0 Å². The molecule has 0 spiro atoms. The summed E-state index contributed by atoms with van der Waals surface area (Å²) in [5, 5.41) is 19.3. The first kappa shape index (κ1) is 37.4. The first-order chi connectivity index (χ1) is 26.9. The summed E-state index contributed by atoms with van der Waals surface area (Å²) in [5.74, 6) is -0.888. The number of amides is 3. The van der Waals surface area contributed by atoms with Gasteiger partial charge in [-0.1, -0.05) is 115 Å². The molecule has 3 amide bonds. The number of halogens is 1. The van der Waals surface area contributed by atoms with E-state index in [4.69, 9.17) is 11.6 Å². The zero-order valence-electron chi connectivity index (χ0n) is 29.5. The number of thioether (sulfide) groups is 1. The van der Waals surface area contributed by atoms with Gasteiger partial charge in [0.1, 0.15) is 22.0 Å². The molecule has 6 aromatic rings. The molecule has 0 saturated heterocycles. The topological polar surface area (TPSA) is 111 Å². The second kappa shape index (κ2) is 17.5. The second-order valence-electron chi connectivity index (χ2n) is 12.9. The highest BCUT2D eigenvalue weighted by Gasteiger charge is 2.29. The van der Waals surface area contributed by atoms with E-state index < -0.39 is 17.1 Å². The van der Waals surface area contributed by atoms with Crippen LogP contribution in [-0.2, 0) is 22.4 Å². The first-order valence-electron chi connectivity index (χ1n) is 17.7. The highest BCUT2D eigenvalue weighted by atomic mass is 35.5. The van der Waals surface area contributed by atoms with Gasteiger partial charge in [-0.15, -0.1) is 23.1 Å². The van der Waals surface area contributed by atoms with Gasteiger partial charge >= 0.3 is 0 Å². The van der Waals surface area contributed by atoms with Crippen molar-refractivity contribution in [2.45, 2.75) is 35.3 Å². The third-order valence-electron chi connectivity index (χ3n) is 9.30. The third kappa shape index (κ3) is 9.07. The van der Waals surface area contributed by atoms with Gasteiger partial charge in [-0.2, -0.15) is 5.26 Å². The predicted molar refractivity (Wildman–Crippen MR) is 222 cm³/mol. The third-order valence-corrected chi connectivity index (χ3v) is 12.1. The van der Waals surface area contributed by atoms with Crippen molar-refractivity contribution in [2.24, 2.45) is 0 Å². The van der Waals surface area contributed by atoms with Gasteiger partial charge < -0.3 is 16.0 Å². The molecular formula is C45H35ClN4O3S2. The summed E-state index contributed by atoms with van der Waals surface area (Å²) in [6.45, 7) is 0. The van der Waals surface area contributed by atoms with Gasteiger partial charge in [0, 0.05) is 26.0 Å². The number of carbonyl (C=O) groups is 3. The highest BCUT2D eigenvalue weighted by molar-refractivity contribution is 8.00. The number of hydrogen-bond acceptors (Lipinski definition) is 6. The number of anilines is 2. The van der Waals surface area contributed by atoms with Crippen molar-refractivity contribution in [2.75, 3.05) is 10.6 Å². The van der Waals surface area contributed by atoms with E-state index in [1.165, 1.54) is 34.7 Å². The van der Waals surface area contributed by atoms with Gasteiger partial charge in [0.15, 0.2) is 0 Å². The number of fused-ring (bicyclic) bond motifs is 1. The maximum absolute atomic E-state index is 14.2. The molecule has 1 aliphatic rings. The molecule has 0 saturated carbocycles. The van der Waals surface area contributed by atoms with E-state index in [0.717, 1.165) is 40.2 Å². The largest absolute Gasteiger partial charge is 0.321 e. The summed E-state index contributed by atoms with van der Waals surface area (Å²) in [4.78, 5) is 43.0. The van der Waals surface area contributed by atoms with Gasteiger partial charge in [-0.05, 0) is 89.9 Å². The molecule has 0 bridgehead atoms. The standard InChI is InChI=1S/C45H35ClN4O3S2/c46-38-22-11-10-19-33(38)25-39(49-42(51)31-17-8-3-9-18-31)43(52)48-34-20-12-21-35(27-34)54-41(30-15-6-2-7-16-30)44(53)50-45-37(28-47)36-24-23-32(26-40(36)55-45)29-13-4-1-5-14-29/h1-22,25,27,32,41H,23-24,26H2,(H,48,52)(H,49,51)(H,50,53)/b39-25+. The average molecular weight is 779 g/mol. The van der Waals surface area contributed by atoms with Gasteiger partial charge in [0.25, 0.3) is 11.8 Å². The van der Waals surface area contributed by atoms with Crippen molar-refractivity contribution in [3.8, 4) is 6.07 Å². The minimum absolute atomic E-state index is 0.00331. The molecule has 1 aromatic heterocycles. The minimum atomic E-state index is -0.671. The Morgan fingerprint density at radius 3 is 2.25 bits per heavy atom. The summed E-state index contributed by atoms with van der Waals surface area (Å²) in [7, 11) is 0. The monoisotopic (exact) mass is 778 g/mol. The molecule has 0 radical (unpaired) electrons. The molecule has 5 aromatic carbocycles. The molecule has 7 rings (SSSR count). The van der Waals surface area contributed by atoms with Crippen molar-refractivity contribution >= 4 is 69.2 Å². The summed E-state index contributed by atoms with van der Waals surface area (Å²) < 4.78 is 0. The second-order valence-corrected chi connectivity index (χ2v) is 15.6. The van der Waals surface area contributed by atoms with E-state index in [2.05, 4.69) is 46.3 Å². The molecule has 0 aliphatic heterocycles. The Labute approximate surface area is 333 Å². The quantitative estimate of drug-likeness (QED) is 0.0896. The van der Waals surface area contributed by atoms with Crippen LogP contribution < -0.4 is 16.0 Å². The van der Waals surface area contributed by atoms with Crippen molar-refractivity contribution < 1.29 is 14.4 Å². The van der Waals surface area contributed by atoms with Crippen molar-refractivity contribution in [1.82, 2.24) is 5.32 Å². The lowest BCUT2D eigenvalue weighted by atomic mass is 9.83. The Kier molecular flexibility index (Phi) is 11.9. The van der Waals surface area contributed by atoms with E-state index in [1.54, 1.807) is 72.8 Å². The molecule has 272 valence electrons. The number of benzene rings is 5. The predicted octanol–water partition coefficient (Wildman–Crippen LogP) is 10.4. The van der Waals surface area contributed by atoms with Crippen molar-refractivity contribution in [3.05, 3.63) is 189 Å². The molecule has 1 aliphatic carbocycles. The van der Waals surface area contributed by atoms with Crippen LogP contribution in [0.15, 0.2) is 150 Å². The summed E-state index contributed by atoms with van der Waals surface area (Å²) in [6.07, 6.45) is 4.09. The number of nitrogens with one attached hydrogen (secondary N) is 3. The number of carbonyl (C=O) groups excluding carboxylic acids is 3. The molecule has 1 heterocycles. The fourth-order valence-electron chi connectivity index (χ4n) is 6.55. The molecule has 7 nitrogen and oxygen atoms in total. The fourth-order valence-corrected chi connectivity index (χ4v) is 9.11. The molecular weight excluding hydrogens is 744 g/mol. The van der Waals surface area contributed by atoms with Crippen LogP contribution in [0.3, 0.4) is 0 Å². The Balaban J connectivity index is 1.11. The molecule has 2 unspecified atom stereocenters. The number of hydrogen-bond donors (Lipinski definition) is 3. The first-order valence-corrected chi connectivity index (χ1v) is 19.8. The number of nitrogens with zero attached hydrogens (tertiary/aromatic N) is 1. The van der Waals surface area contributed by atoms with E-state index in [0.29, 0.717) is 38.3 Å². The zero-order valence-corrected chi connectivity index (χ0v) is 31.9. The fraction of sp³-hybridized carbons (Fsp3) is 0.111. The lowest BCUT2D eigenvalue weighted by Gasteiger charge is -2.22. The molecule has 55 heavy (non-hydrogen) atoms. The van der Waals surface area contributed by atoms with E-state index in [9.17, 15) is 19.6 Å². The maximum atomic E-state index is 14.2. The lowest BCUT2D eigenvalue weighted by Crippen LogP contribution is -2.30. The molecule has 3 N–H and O–H groups in total. The van der Waals surface area contributed by atoms with E-state index in [-0.39, 0.29) is 11.6 Å². The average Bonchev–Trinajstić information content (AvgIpc) is 3.57. The van der Waals surface area contributed by atoms with Crippen LogP contribution in [0.1, 0.15) is 60.6 Å². The number of nitriles is 1. The van der Waals surface area contributed by atoms with Crippen molar-refractivity contribution in [1.29, 1.82) is 5.26 Å². The van der Waals surface area contributed by atoms with Crippen LogP contribution >= 0.6 is 34.7 Å². The smallest absolute Gasteiger partial charge is 0.272 e. The van der Waals surface area contributed by atoms with Gasteiger partial charge in [0.2, 0.25) is 5.91 Å². The van der Waals surface area contributed by atoms with Crippen molar-refractivity contribution in [3.63, 3.8) is 0 Å². The highest BCUT2D eigenvalue weighted by Crippen LogP contribution is 2.44. The number of rotatable bonds is 11. The Morgan fingerprint density at radius 2 is 1.53 bits per heavy atom. The Bertz CT molecular complexity index is 2410. The number of thiophene rings is 1. The Hall–Kier alpha value is -5.92. The Morgan fingerprint density at radius 1 is 0.836 bits per heavy atom. The van der Waals surface area contributed by atoms with Crippen LogP contribution in [0.4, 0.5) is 10.7 Å². The van der Waals surface area contributed by atoms with Gasteiger partial charge in [-0.3, -0.25) is 14.4 Å². The van der Waals surface area contributed by atoms with Crippen LogP contribution in [0.25, 0.3) is 6.08 Å². The minimum Gasteiger partial charge on any atom is -0.321 e. The zero-order chi connectivity index (χ0) is 38.1. The molecule has 0 fully saturated rings. The maximum Gasteiger partial charge on any atom is 0.272 e. The van der Waals surface area contributed by atoms with Crippen LogP contribution in [0.2, 0.25) is 5.02 Å². The van der Waals surface area contributed by atoms with Crippen LogP contribution in [-0.4, -0.2) is 17.7 Å². The molecule has 2 atom stereocenters. The summed E-state index contributed by atoms with van der Waals surface area (Å²) in [5.41, 5.74) is 5.07. The summed E-state index contributed by atoms with van der Waals surface area (Å²) in [6, 6.07) is 45.1. The lowest BCUT2D eigenvalue weighted by molar-refractivity contribution is -0.116. The van der Waals surface area contributed by atoms with Crippen LogP contribution in [0.5, 0.6) is 0 Å². The molecule has 10 heteroatoms. The van der Waals surface area contributed by atoms with Crippen LogP contribution in [0, 0.1) is 11.3 Å². The SMILES string of the molecule is N#Cc1c(NC(=O)C(Sc2cccc(NC(=O)/C(=C\c3ccccc3Cl)NC(=O)c3ccccc3)c2)c2ccccc2)sc2c1CCC(c1ccccc1)C2. The summed E-state index contributed by atoms with van der Waals surface area (Å²) >= 11 is 9.24.